The number of hydrogen-bond donors (Lipinski definition) is 4. The molecule has 0 saturated heterocycles. The Kier molecular flexibility index (Phi) is 11.8. The fourth-order valence-corrected chi connectivity index (χ4v) is 12.7. The standard InChI is InChI=1S/C51H61N3O8Si/c1-34-28-43-49(44(34)56,62-63(5,6)7)31-37(33-61-51(38-20-12-8-13-21-38,39-22-14-9-15-23-39)40-24-16-10-17-25-40)29-42-45(57)48(4,30-35(2)50(42,43)60)54-47(59)53(41-26-18-11-19-27-41)46(58)52(54)32-36(3)55/h8-29,35-36,42-45,55-57,60H,30-33H2,1-7H3/t35-,36?,42+,43-,44+,45?,48?,49-,50-/m1/s1. The molecule has 11 nitrogen and oxygen atoms in total. The zero-order valence-corrected chi connectivity index (χ0v) is 38.3. The second-order valence-corrected chi connectivity index (χ2v) is 23.8. The molecule has 0 amide bonds. The summed E-state index contributed by atoms with van der Waals surface area (Å²) < 4.78 is 18.2. The maximum Gasteiger partial charge on any atom is 0.352 e. The minimum atomic E-state index is -2.50. The SMILES string of the molecule is CC1=C[C@@H]2[C@](O[Si](C)(C)C)(CC(COC(c3ccccc3)(c3ccccc3)c3ccccc3)=C[C@H]3C(O)C(C)(n4c(=O)n(-c5ccccc5)c(=O)n4CC(C)O)C[C@@H](C)[C@]23O)[C@H]1O. The monoisotopic (exact) mass is 871 g/mol. The van der Waals surface area contributed by atoms with Crippen molar-refractivity contribution in [1.29, 1.82) is 0 Å². The summed E-state index contributed by atoms with van der Waals surface area (Å²) in [5, 5.41) is 50.0. The van der Waals surface area contributed by atoms with Gasteiger partial charge >= 0.3 is 11.4 Å². The highest BCUT2D eigenvalue weighted by molar-refractivity contribution is 6.69. The molecule has 8 rings (SSSR count). The van der Waals surface area contributed by atoms with Crippen LogP contribution in [0.1, 0.15) is 57.2 Å². The molecule has 3 aliphatic rings. The van der Waals surface area contributed by atoms with Gasteiger partial charge in [0, 0.05) is 18.3 Å². The fraction of sp³-hybridized carbons (Fsp3) is 0.412. The van der Waals surface area contributed by atoms with Crippen LogP contribution >= 0.6 is 0 Å². The van der Waals surface area contributed by atoms with Crippen LogP contribution in [0.3, 0.4) is 0 Å². The molecule has 1 heterocycles. The third-order valence-electron chi connectivity index (χ3n) is 13.8. The van der Waals surface area contributed by atoms with E-state index in [9.17, 15) is 30.0 Å². The second kappa shape index (κ2) is 16.6. The van der Waals surface area contributed by atoms with Crippen molar-refractivity contribution in [3.8, 4) is 5.69 Å². The van der Waals surface area contributed by atoms with E-state index in [1.165, 1.54) is 9.36 Å². The van der Waals surface area contributed by atoms with Crippen LogP contribution in [0.15, 0.2) is 154 Å². The lowest BCUT2D eigenvalue weighted by atomic mass is 9.55. The zero-order chi connectivity index (χ0) is 45.1. The van der Waals surface area contributed by atoms with E-state index in [0.29, 0.717) is 16.8 Å². The van der Waals surface area contributed by atoms with Crippen molar-refractivity contribution in [2.24, 2.45) is 17.8 Å². The summed E-state index contributed by atoms with van der Waals surface area (Å²) in [6.45, 7) is 13.1. The van der Waals surface area contributed by atoms with E-state index in [1.807, 2.05) is 117 Å². The smallest absolute Gasteiger partial charge is 0.352 e. The lowest BCUT2D eigenvalue weighted by Crippen LogP contribution is -2.69. The Bertz CT molecular complexity index is 2500. The van der Waals surface area contributed by atoms with Gasteiger partial charge in [0.2, 0.25) is 0 Å². The number of aliphatic hydroxyl groups is 4. The number of para-hydroxylation sites is 1. The maximum absolute atomic E-state index is 14.8. The Morgan fingerprint density at radius 3 is 1.81 bits per heavy atom. The number of benzene rings is 4. The highest BCUT2D eigenvalue weighted by Gasteiger charge is 2.68. The van der Waals surface area contributed by atoms with Crippen LogP contribution in [-0.4, -0.2) is 78.8 Å². The van der Waals surface area contributed by atoms with Gasteiger partial charge in [0.15, 0.2) is 8.32 Å². The van der Waals surface area contributed by atoms with Crippen molar-refractivity contribution < 1.29 is 29.6 Å². The van der Waals surface area contributed by atoms with Gasteiger partial charge in [0.1, 0.15) is 11.7 Å². The molecule has 3 aliphatic carbocycles. The molecule has 0 aliphatic heterocycles. The van der Waals surface area contributed by atoms with E-state index in [-0.39, 0.29) is 26.0 Å². The summed E-state index contributed by atoms with van der Waals surface area (Å²) in [7, 11) is -2.50. The number of rotatable bonds is 12. The van der Waals surface area contributed by atoms with Gasteiger partial charge in [-0.3, -0.25) is 0 Å². The van der Waals surface area contributed by atoms with Crippen LogP contribution in [0.2, 0.25) is 19.6 Å². The Balaban J connectivity index is 1.34. The summed E-state index contributed by atoms with van der Waals surface area (Å²) in [5.74, 6) is -2.47. The van der Waals surface area contributed by atoms with Gasteiger partial charge in [-0.05, 0) is 92.7 Å². The highest BCUT2D eigenvalue weighted by Crippen LogP contribution is 2.60. The predicted octanol–water partition coefficient (Wildman–Crippen LogP) is 6.51. The van der Waals surface area contributed by atoms with Crippen LogP contribution in [-0.2, 0) is 26.8 Å². The van der Waals surface area contributed by atoms with Crippen molar-refractivity contribution in [3.05, 3.63) is 182 Å². The number of aromatic nitrogens is 3. The third-order valence-corrected chi connectivity index (χ3v) is 14.8. The van der Waals surface area contributed by atoms with E-state index in [0.717, 1.165) is 21.3 Å². The lowest BCUT2D eigenvalue weighted by Gasteiger charge is -2.58. The average Bonchev–Trinajstić information content (AvgIpc) is 3.60. The molecular formula is C51H61N3O8Si. The van der Waals surface area contributed by atoms with Gasteiger partial charge in [0.25, 0.3) is 0 Å². The predicted molar refractivity (Wildman–Crippen MR) is 246 cm³/mol. The molecule has 3 unspecified atom stereocenters. The second-order valence-electron chi connectivity index (χ2n) is 19.3. The van der Waals surface area contributed by atoms with Gasteiger partial charge in [0.05, 0.1) is 47.8 Å². The molecular weight excluding hydrogens is 811 g/mol. The van der Waals surface area contributed by atoms with Gasteiger partial charge in [-0.1, -0.05) is 128 Å². The lowest BCUT2D eigenvalue weighted by molar-refractivity contribution is -0.216. The minimum Gasteiger partial charge on any atom is -0.408 e. The molecule has 9 atom stereocenters. The first-order chi connectivity index (χ1) is 29.9. The molecule has 1 saturated carbocycles. The molecule has 12 heteroatoms. The minimum absolute atomic E-state index is 0.00937. The fourth-order valence-electron chi connectivity index (χ4n) is 11.2. The quantitative estimate of drug-likeness (QED) is 0.0631. The Labute approximate surface area is 370 Å². The molecule has 5 aromatic rings. The molecule has 1 aromatic heterocycles. The number of fused-ring (bicyclic) bond motifs is 3. The van der Waals surface area contributed by atoms with Gasteiger partial charge in [-0.15, -0.1) is 0 Å². The summed E-state index contributed by atoms with van der Waals surface area (Å²) in [4.78, 5) is 29.1. The van der Waals surface area contributed by atoms with Crippen LogP contribution in [0.4, 0.5) is 0 Å². The molecule has 4 aromatic carbocycles. The molecule has 0 radical (unpaired) electrons. The van der Waals surface area contributed by atoms with E-state index >= 15 is 0 Å². The van der Waals surface area contributed by atoms with E-state index < -0.39 is 78.1 Å². The Morgan fingerprint density at radius 1 is 0.810 bits per heavy atom. The first-order valence-corrected chi connectivity index (χ1v) is 25.4. The van der Waals surface area contributed by atoms with Crippen molar-refractivity contribution in [1.82, 2.24) is 13.9 Å². The molecule has 332 valence electrons. The number of hydrogen-bond acceptors (Lipinski definition) is 8. The highest BCUT2D eigenvalue weighted by atomic mass is 28.4. The van der Waals surface area contributed by atoms with Crippen LogP contribution in [0.25, 0.3) is 5.69 Å². The average molecular weight is 872 g/mol. The van der Waals surface area contributed by atoms with E-state index in [1.54, 1.807) is 44.2 Å². The van der Waals surface area contributed by atoms with Gasteiger partial charge < -0.3 is 29.6 Å². The first-order valence-electron chi connectivity index (χ1n) is 22.0. The Hall–Kier alpha value is -4.92. The molecule has 0 bridgehead atoms. The van der Waals surface area contributed by atoms with Crippen LogP contribution in [0, 0.1) is 17.8 Å². The normalized spacial score (nSPS) is 29.0. The maximum atomic E-state index is 14.8. The summed E-state index contributed by atoms with van der Waals surface area (Å²) in [6, 6.07) is 38.7. The molecule has 63 heavy (non-hydrogen) atoms. The summed E-state index contributed by atoms with van der Waals surface area (Å²) in [5.41, 5.74) is -2.55. The topological polar surface area (TPSA) is 148 Å². The van der Waals surface area contributed by atoms with Crippen molar-refractivity contribution in [2.75, 3.05) is 6.61 Å². The zero-order valence-electron chi connectivity index (χ0n) is 37.3. The van der Waals surface area contributed by atoms with Crippen LogP contribution < -0.4 is 11.4 Å². The van der Waals surface area contributed by atoms with Crippen molar-refractivity contribution >= 4 is 8.32 Å². The van der Waals surface area contributed by atoms with Crippen molar-refractivity contribution in [2.45, 2.75) is 107 Å². The van der Waals surface area contributed by atoms with E-state index in [4.69, 9.17) is 9.16 Å². The summed E-state index contributed by atoms with van der Waals surface area (Å²) in [6.07, 6.45) is 0.507. The van der Waals surface area contributed by atoms with Gasteiger partial charge in [-0.25, -0.2) is 23.5 Å². The van der Waals surface area contributed by atoms with E-state index in [2.05, 4.69) is 19.6 Å². The number of nitrogens with zero attached hydrogens (tertiary/aromatic N) is 3. The molecule has 0 spiro atoms. The third kappa shape index (κ3) is 7.39. The number of aliphatic hydroxyl groups excluding tert-OH is 3. The number of ether oxygens (including phenoxy) is 1. The largest absolute Gasteiger partial charge is 0.408 e. The van der Waals surface area contributed by atoms with Gasteiger partial charge in [-0.2, -0.15) is 0 Å². The molecule has 1 fully saturated rings. The Morgan fingerprint density at radius 2 is 1.32 bits per heavy atom. The molecule has 4 N–H and O–H groups in total. The van der Waals surface area contributed by atoms with Crippen molar-refractivity contribution in [3.63, 3.8) is 0 Å². The first kappa shape index (κ1) is 44.7. The summed E-state index contributed by atoms with van der Waals surface area (Å²) >= 11 is 0. The van der Waals surface area contributed by atoms with Crippen LogP contribution in [0.5, 0.6) is 0 Å².